The van der Waals surface area contributed by atoms with Crippen LogP contribution in [0.5, 0.6) is 0 Å². The first-order valence-electron chi connectivity index (χ1n) is 13.5. The molecule has 37 heavy (non-hydrogen) atoms. The van der Waals surface area contributed by atoms with Crippen molar-refractivity contribution >= 4 is 35.2 Å². The van der Waals surface area contributed by atoms with Gasteiger partial charge in [-0.2, -0.15) is 0 Å². The predicted molar refractivity (Wildman–Crippen MR) is 140 cm³/mol. The summed E-state index contributed by atoms with van der Waals surface area (Å²) in [5, 5.41) is 6.24. The first kappa shape index (κ1) is 24.9. The fourth-order valence-corrected chi connectivity index (χ4v) is 7.38. The standard InChI is InChI=1S/C28H35N3O5S/c1-37-20-11-5-9-18(15-20)30-25(32)22-21-12-13-28(36-21)23(22)27(34)31(16-19-10-6-14-35-19)24(28)26(33)29-17-7-3-2-4-8-17/h5,9,11-13,15,17,19,21-24H,2-4,6-8,10,14,16H2,1H3,(H,29,33)(H,30,32)/t19-,21+,22-,23+,24-,28+/m0/s1. The van der Waals surface area contributed by atoms with E-state index in [9.17, 15) is 14.4 Å². The maximum Gasteiger partial charge on any atom is 0.246 e. The molecule has 1 saturated carbocycles. The van der Waals surface area contributed by atoms with E-state index in [1.54, 1.807) is 16.7 Å². The lowest BCUT2D eigenvalue weighted by Crippen LogP contribution is -2.57. The lowest BCUT2D eigenvalue weighted by Gasteiger charge is -2.34. The molecule has 6 rings (SSSR count). The van der Waals surface area contributed by atoms with Gasteiger partial charge in [-0.3, -0.25) is 14.4 Å². The number of likely N-dealkylation sites (tertiary alicyclic amines) is 1. The van der Waals surface area contributed by atoms with E-state index in [2.05, 4.69) is 10.6 Å². The van der Waals surface area contributed by atoms with Crippen molar-refractivity contribution in [1.82, 2.24) is 10.2 Å². The molecule has 6 atom stereocenters. The van der Waals surface area contributed by atoms with Gasteiger partial charge in [0, 0.05) is 29.8 Å². The number of carbonyl (C=O) groups is 3. The molecule has 2 N–H and O–H groups in total. The normalized spacial score (nSPS) is 34.7. The summed E-state index contributed by atoms with van der Waals surface area (Å²) in [4.78, 5) is 44.2. The van der Waals surface area contributed by atoms with Gasteiger partial charge in [-0.1, -0.05) is 37.5 Å². The Labute approximate surface area is 221 Å². The predicted octanol–water partition coefficient (Wildman–Crippen LogP) is 3.13. The van der Waals surface area contributed by atoms with Gasteiger partial charge in [0.25, 0.3) is 0 Å². The van der Waals surface area contributed by atoms with Gasteiger partial charge in [0.2, 0.25) is 17.7 Å². The van der Waals surface area contributed by atoms with Crippen LogP contribution >= 0.6 is 11.8 Å². The molecular formula is C28H35N3O5S. The summed E-state index contributed by atoms with van der Waals surface area (Å²) >= 11 is 1.60. The molecular weight excluding hydrogens is 490 g/mol. The largest absolute Gasteiger partial charge is 0.376 e. The van der Waals surface area contributed by atoms with Crippen molar-refractivity contribution in [2.75, 3.05) is 24.7 Å². The van der Waals surface area contributed by atoms with Crippen LogP contribution in [-0.4, -0.2) is 71.9 Å². The molecule has 2 bridgehead atoms. The van der Waals surface area contributed by atoms with Crippen LogP contribution in [0, 0.1) is 11.8 Å². The van der Waals surface area contributed by atoms with E-state index >= 15 is 0 Å². The zero-order valence-electron chi connectivity index (χ0n) is 21.2. The fourth-order valence-electron chi connectivity index (χ4n) is 6.93. The Morgan fingerprint density at radius 2 is 1.97 bits per heavy atom. The smallest absolute Gasteiger partial charge is 0.246 e. The number of carbonyl (C=O) groups excluding carboxylic acids is 3. The van der Waals surface area contributed by atoms with Crippen LogP contribution in [0.2, 0.25) is 0 Å². The van der Waals surface area contributed by atoms with Gasteiger partial charge in [-0.15, -0.1) is 11.8 Å². The third kappa shape index (κ3) is 4.38. The highest BCUT2D eigenvalue weighted by molar-refractivity contribution is 7.98. The molecule has 1 spiro atoms. The number of hydrogen-bond donors (Lipinski definition) is 2. The van der Waals surface area contributed by atoms with Gasteiger partial charge in [0.15, 0.2) is 0 Å². The number of hydrogen-bond acceptors (Lipinski definition) is 6. The highest BCUT2D eigenvalue weighted by Gasteiger charge is 2.73. The molecule has 9 heteroatoms. The minimum atomic E-state index is -1.14. The maximum absolute atomic E-state index is 14.0. The Hall–Kier alpha value is -2.36. The molecule has 3 amide bonds. The topological polar surface area (TPSA) is 97.0 Å². The maximum atomic E-state index is 14.0. The van der Waals surface area contributed by atoms with Crippen LogP contribution in [0.4, 0.5) is 5.69 Å². The second kappa shape index (κ2) is 10.1. The number of fused-ring (bicyclic) bond motifs is 1. The summed E-state index contributed by atoms with van der Waals surface area (Å²) < 4.78 is 12.3. The molecule has 1 aromatic rings. The van der Waals surface area contributed by atoms with Gasteiger partial charge in [-0.05, 0) is 50.1 Å². The van der Waals surface area contributed by atoms with Gasteiger partial charge in [0.1, 0.15) is 11.6 Å². The molecule has 3 saturated heterocycles. The van der Waals surface area contributed by atoms with Crippen molar-refractivity contribution in [3.63, 3.8) is 0 Å². The van der Waals surface area contributed by atoms with Gasteiger partial charge in [0.05, 0.1) is 24.0 Å². The van der Waals surface area contributed by atoms with E-state index < -0.39 is 29.6 Å². The number of thioether (sulfide) groups is 1. The summed E-state index contributed by atoms with van der Waals surface area (Å²) in [6.07, 6.45) is 12.2. The highest BCUT2D eigenvalue weighted by atomic mass is 32.2. The second-order valence-electron chi connectivity index (χ2n) is 10.9. The van der Waals surface area contributed by atoms with Crippen LogP contribution in [0.25, 0.3) is 0 Å². The second-order valence-corrected chi connectivity index (χ2v) is 11.8. The Morgan fingerprint density at radius 1 is 1.14 bits per heavy atom. The zero-order valence-corrected chi connectivity index (χ0v) is 22.0. The monoisotopic (exact) mass is 525 g/mol. The van der Waals surface area contributed by atoms with E-state index in [4.69, 9.17) is 9.47 Å². The van der Waals surface area contributed by atoms with Crippen LogP contribution in [0.1, 0.15) is 44.9 Å². The molecule has 0 radical (unpaired) electrons. The first-order valence-corrected chi connectivity index (χ1v) is 14.8. The minimum Gasteiger partial charge on any atom is -0.376 e. The Morgan fingerprint density at radius 3 is 2.73 bits per heavy atom. The number of anilines is 1. The van der Waals surface area contributed by atoms with Crippen molar-refractivity contribution in [2.45, 2.75) is 79.7 Å². The number of nitrogens with one attached hydrogen (secondary N) is 2. The van der Waals surface area contributed by atoms with Gasteiger partial charge < -0.3 is 25.0 Å². The summed E-state index contributed by atoms with van der Waals surface area (Å²) in [5.41, 5.74) is -0.451. The molecule has 5 aliphatic rings. The van der Waals surface area contributed by atoms with Crippen molar-refractivity contribution in [2.24, 2.45) is 11.8 Å². The molecule has 1 aliphatic carbocycles. The summed E-state index contributed by atoms with van der Waals surface area (Å²) in [6.45, 7) is 1.00. The van der Waals surface area contributed by atoms with Crippen molar-refractivity contribution < 1.29 is 23.9 Å². The highest BCUT2D eigenvalue weighted by Crippen LogP contribution is 2.55. The molecule has 8 nitrogen and oxygen atoms in total. The summed E-state index contributed by atoms with van der Waals surface area (Å²) in [5.74, 6) is -2.06. The van der Waals surface area contributed by atoms with E-state index in [0.29, 0.717) is 18.8 Å². The molecule has 0 aromatic heterocycles. The lowest BCUT2D eigenvalue weighted by atomic mass is 9.74. The number of nitrogens with zero attached hydrogens (tertiary/aromatic N) is 1. The SMILES string of the molecule is CSc1cccc(NC(=O)[C@H]2[C@H]3C=C[C@]4(O3)[C@H](C(=O)NC3CCCCC3)N(C[C@@H]3CCCO3)C(=O)[C@@H]24)c1. The Bertz CT molecular complexity index is 1100. The number of ether oxygens (including phenoxy) is 2. The molecule has 4 heterocycles. The van der Waals surface area contributed by atoms with Gasteiger partial charge in [-0.25, -0.2) is 0 Å². The van der Waals surface area contributed by atoms with E-state index in [0.717, 1.165) is 43.4 Å². The third-order valence-corrected chi connectivity index (χ3v) is 9.36. The first-order chi connectivity index (χ1) is 18.0. The van der Waals surface area contributed by atoms with Crippen molar-refractivity contribution in [1.29, 1.82) is 0 Å². The Kier molecular flexibility index (Phi) is 6.79. The van der Waals surface area contributed by atoms with E-state index in [-0.39, 0.29) is 29.9 Å². The average molecular weight is 526 g/mol. The molecule has 1 aromatic carbocycles. The molecule has 198 valence electrons. The minimum absolute atomic E-state index is 0.105. The Balaban J connectivity index is 1.29. The summed E-state index contributed by atoms with van der Waals surface area (Å²) in [7, 11) is 0. The van der Waals surface area contributed by atoms with E-state index in [1.165, 1.54) is 6.42 Å². The molecule has 0 unspecified atom stereocenters. The van der Waals surface area contributed by atoms with Crippen molar-refractivity contribution in [3.05, 3.63) is 36.4 Å². The van der Waals surface area contributed by atoms with Crippen LogP contribution in [0.15, 0.2) is 41.3 Å². The molecule has 4 fully saturated rings. The number of rotatable bonds is 7. The fraction of sp³-hybridized carbons (Fsp3) is 0.607. The molecule has 4 aliphatic heterocycles. The summed E-state index contributed by atoms with van der Waals surface area (Å²) in [6, 6.07) is 6.95. The van der Waals surface area contributed by atoms with Crippen LogP contribution in [-0.2, 0) is 23.9 Å². The zero-order chi connectivity index (χ0) is 25.6. The third-order valence-electron chi connectivity index (χ3n) is 8.64. The number of amides is 3. The quantitative estimate of drug-likeness (QED) is 0.420. The van der Waals surface area contributed by atoms with Crippen LogP contribution < -0.4 is 10.6 Å². The van der Waals surface area contributed by atoms with Crippen molar-refractivity contribution in [3.8, 4) is 0 Å². The lowest BCUT2D eigenvalue weighted by molar-refractivity contribution is -0.143. The average Bonchev–Trinajstić information content (AvgIpc) is 3.68. The van der Waals surface area contributed by atoms with E-state index in [1.807, 2.05) is 42.7 Å². The van der Waals surface area contributed by atoms with Crippen LogP contribution in [0.3, 0.4) is 0 Å². The number of benzene rings is 1. The van der Waals surface area contributed by atoms with Gasteiger partial charge >= 0.3 is 0 Å².